The second-order valence-corrected chi connectivity index (χ2v) is 22.0. The van der Waals surface area contributed by atoms with Crippen LogP contribution in [-0.4, -0.2) is 98.5 Å². The molecule has 1 saturated heterocycles. The number of nitrogens with zero attached hydrogens (tertiary/aromatic N) is 3. The Morgan fingerprint density at radius 2 is 1.44 bits per heavy atom. The second-order valence-electron chi connectivity index (χ2n) is 22.0. The van der Waals surface area contributed by atoms with Gasteiger partial charge in [0, 0.05) is 35.5 Å². The number of amides is 4. The number of aromatic nitrogens is 1. The number of aliphatic hydroxyl groups is 1. The number of alkyl carbamates (subject to hydrolysis) is 3. The molecule has 18 nitrogen and oxygen atoms in total. The van der Waals surface area contributed by atoms with Crippen LogP contribution in [0.2, 0.25) is 0 Å². The number of aliphatic imine (C=N–C) groups is 2. The summed E-state index contributed by atoms with van der Waals surface area (Å²) < 4.78 is 35.2. The fraction of sp³-hybridized carbons (Fsp3) is 0.583. The second kappa shape index (κ2) is 16.2. The van der Waals surface area contributed by atoms with Gasteiger partial charge in [-0.3, -0.25) is 15.5 Å². The summed E-state index contributed by atoms with van der Waals surface area (Å²) in [6.45, 7) is 22.2. The van der Waals surface area contributed by atoms with E-state index in [0.29, 0.717) is 42.1 Å². The summed E-state index contributed by atoms with van der Waals surface area (Å²) in [7, 11) is 0. The zero-order chi connectivity index (χ0) is 47.9. The first-order chi connectivity index (χ1) is 30.6. The van der Waals surface area contributed by atoms with Gasteiger partial charge in [-0.15, -0.1) is 4.99 Å². The molecule has 3 aliphatic carbocycles. The minimum atomic E-state index is -1.29. The number of benzene rings is 2. The Morgan fingerprint density at radius 1 is 0.833 bits per heavy atom. The van der Waals surface area contributed by atoms with Crippen LogP contribution >= 0.6 is 0 Å². The van der Waals surface area contributed by atoms with Crippen molar-refractivity contribution in [1.82, 2.24) is 25.8 Å². The van der Waals surface area contributed by atoms with E-state index in [9.17, 15) is 24.3 Å². The molecule has 356 valence electrons. The van der Waals surface area contributed by atoms with Crippen molar-refractivity contribution in [2.75, 3.05) is 13.1 Å². The number of likely N-dealkylation sites (tertiary alicyclic amines) is 1. The number of piperidine rings is 1. The molecule has 1 saturated carbocycles. The normalized spacial score (nSPS) is 23.4. The lowest BCUT2D eigenvalue weighted by Gasteiger charge is -2.62. The number of nitrogens with one attached hydrogen (secondary N) is 4. The van der Waals surface area contributed by atoms with E-state index < -0.39 is 69.9 Å². The molecule has 4 atom stereocenters. The van der Waals surface area contributed by atoms with Crippen LogP contribution in [0.3, 0.4) is 0 Å². The summed E-state index contributed by atoms with van der Waals surface area (Å²) >= 11 is 0. The predicted molar refractivity (Wildman–Crippen MR) is 244 cm³/mol. The number of hydrogen-bond donors (Lipinski definition) is 5. The fourth-order valence-corrected chi connectivity index (χ4v) is 9.71. The Morgan fingerprint density at radius 3 is 2.03 bits per heavy atom. The van der Waals surface area contributed by atoms with E-state index >= 15 is 0 Å². The first-order valence-corrected chi connectivity index (χ1v) is 22.6. The van der Waals surface area contributed by atoms with Crippen molar-refractivity contribution in [3.8, 4) is 11.5 Å². The maximum absolute atomic E-state index is 13.6. The summed E-state index contributed by atoms with van der Waals surface area (Å²) in [6.07, 6.45) is -0.442. The number of amidine groups is 1. The third-order valence-electron chi connectivity index (χ3n) is 12.0. The smallest absolute Gasteiger partial charge is 0.438 e. The minimum absolute atomic E-state index is 0.175. The zero-order valence-corrected chi connectivity index (χ0v) is 39.9. The number of carbonyl (C=O) groups excluding carboxylic acids is 4. The number of H-pyrrole nitrogens is 1. The molecule has 3 heterocycles. The van der Waals surface area contributed by atoms with Gasteiger partial charge in [-0.25, -0.2) is 29.5 Å². The van der Waals surface area contributed by atoms with Crippen molar-refractivity contribution in [3.05, 3.63) is 52.7 Å². The third kappa shape index (κ3) is 9.52. The quantitative estimate of drug-likeness (QED) is 0.0952. The third-order valence-corrected chi connectivity index (χ3v) is 12.0. The highest BCUT2D eigenvalue weighted by Crippen LogP contribution is 2.69. The summed E-state index contributed by atoms with van der Waals surface area (Å²) in [5.41, 5.74) is -1.03. The lowest BCUT2D eigenvalue weighted by Crippen LogP contribution is -2.74. The lowest BCUT2D eigenvalue weighted by molar-refractivity contribution is -0.173. The van der Waals surface area contributed by atoms with Gasteiger partial charge < -0.3 is 38.5 Å². The van der Waals surface area contributed by atoms with Crippen LogP contribution in [0.25, 0.3) is 10.9 Å². The SMILES string of the molecule is CC(C)(C)OC(=O)/N=C(/NC(=O)OC(C)(C)C)Oc1ccc2c3c1O[C@H]1c4[nH]c5cc(N=C(NC(=O)OC(C)(C)C)NC(=O)OC(C)(C)C)ccc5c4C[C@@]4(O)[C@@H](C2)N(CC2CC2)CC[C@]314. The first-order valence-electron chi connectivity index (χ1n) is 22.6. The van der Waals surface area contributed by atoms with Crippen LogP contribution < -0.4 is 25.4 Å². The molecule has 5 N–H and O–H groups in total. The topological polar surface area (TPSA) is 224 Å². The molecular formula is C48H63N7O11. The van der Waals surface area contributed by atoms with E-state index in [-0.39, 0.29) is 17.8 Å². The van der Waals surface area contributed by atoms with E-state index in [0.717, 1.165) is 40.9 Å². The van der Waals surface area contributed by atoms with Gasteiger partial charge in [-0.1, -0.05) is 12.1 Å². The molecule has 4 amide bonds. The molecule has 2 aliphatic heterocycles. The van der Waals surface area contributed by atoms with Crippen molar-refractivity contribution in [3.63, 3.8) is 0 Å². The van der Waals surface area contributed by atoms with Crippen LogP contribution in [0.1, 0.15) is 131 Å². The Hall–Kier alpha value is -5.88. The van der Waals surface area contributed by atoms with Crippen LogP contribution in [-0.2, 0) is 37.2 Å². The largest absolute Gasteiger partial charge is 0.479 e. The van der Waals surface area contributed by atoms with Gasteiger partial charge in [0.2, 0.25) is 5.96 Å². The molecule has 0 unspecified atom stereocenters. The molecule has 2 fully saturated rings. The van der Waals surface area contributed by atoms with Crippen molar-refractivity contribution in [1.29, 1.82) is 0 Å². The molecule has 8 rings (SSSR count). The Labute approximate surface area is 384 Å². The van der Waals surface area contributed by atoms with Crippen molar-refractivity contribution in [2.45, 2.75) is 161 Å². The number of fused-ring (bicyclic) bond motifs is 4. The minimum Gasteiger partial charge on any atom is -0.479 e. The van der Waals surface area contributed by atoms with Gasteiger partial charge in [0.15, 0.2) is 17.6 Å². The molecular weight excluding hydrogens is 851 g/mol. The van der Waals surface area contributed by atoms with Gasteiger partial charge in [0.1, 0.15) is 22.4 Å². The van der Waals surface area contributed by atoms with Gasteiger partial charge in [0.05, 0.1) is 22.4 Å². The predicted octanol–water partition coefficient (Wildman–Crippen LogP) is 8.10. The lowest BCUT2D eigenvalue weighted by atomic mass is 9.49. The van der Waals surface area contributed by atoms with E-state index in [4.69, 9.17) is 28.4 Å². The summed E-state index contributed by atoms with van der Waals surface area (Å²) in [6, 6.07) is 8.46. The first kappa shape index (κ1) is 46.6. The van der Waals surface area contributed by atoms with Crippen molar-refractivity contribution in [2.24, 2.45) is 15.9 Å². The van der Waals surface area contributed by atoms with Crippen LogP contribution in [0.5, 0.6) is 11.5 Å². The number of ether oxygens (including phenoxy) is 6. The molecule has 18 heteroatoms. The molecule has 3 aromatic rings. The van der Waals surface area contributed by atoms with Crippen molar-refractivity contribution >= 4 is 52.9 Å². The highest BCUT2D eigenvalue weighted by Gasteiger charge is 2.73. The summed E-state index contributed by atoms with van der Waals surface area (Å²) in [4.78, 5) is 66.6. The number of carbonyl (C=O) groups is 4. The van der Waals surface area contributed by atoms with E-state index in [1.165, 1.54) is 12.8 Å². The van der Waals surface area contributed by atoms with Gasteiger partial charge >= 0.3 is 30.4 Å². The number of guanidine groups is 1. The molecule has 1 aromatic heterocycles. The summed E-state index contributed by atoms with van der Waals surface area (Å²) in [5.74, 6) is 0.935. The van der Waals surface area contributed by atoms with E-state index in [1.54, 1.807) is 101 Å². The Kier molecular flexibility index (Phi) is 11.4. The molecule has 2 aromatic carbocycles. The molecule has 1 spiro atoms. The fourth-order valence-electron chi connectivity index (χ4n) is 9.71. The number of hydrogen-bond acceptors (Lipinski definition) is 13. The van der Waals surface area contributed by atoms with Crippen LogP contribution in [0.4, 0.5) is 24.9 Å². The van der Waals surface area contributed by atoms with E-state index in [1.807, 2.05) is 12.1 Å². The van der Waals surface area contributed by atoms with Crippen LogP contribution in [0.15, 0.2) is 40.3 Å². The Balaban J connectivity index is 1.20. The number of aromatic amines is 1. The highest BCUT2D eigenvalue weighted by atomic mass is 16.6. The molecule has 66 heavy (non-hydrogen) atoms. The van der Waals surface area contributed by atoms with Crippen LogP contribution in [0, 0.1) is 5.92 Å². The Bertz CT molecular complexity index is 2500. The average Bonchev–Trinajstić information content (AvgIpc) is 3.78. The van der Waals surface area contributed by atoms with E-state index in [2.05, 4.69) is 35.8 Å². The van der Waals surface area contributed by atoms with Crippen molar-refractivity contribution < 1.29 is 52.7 Å². The molecule has 2 bridgehead atoms. The van der Waals surface area contributed by atoms with Gasteiger partial charge in [0.25, 0.3) is 0 Å². The summed E-state index contributed by atoms with van der Waals surface area (Å²) in [5, 5.41) is 22.0. The van der Waals surface area contributed by atoms with Gasteiger partial charge in [-0.05, 0) is 151 Å². The highest BCUT2D eigenvalue weighted by molar-refractivity contribution is 6.03. The number of rotatable bonds is 4. The maximum atomic E-state index is 13.6. The average molecular weight is 914 g/mol. The monoisotopic (exact) mass is 913 g/mol. The molecule has 5 aliphatic rings. The van der Waals surface area contributed by atoms with Gasteiger partial charge in [-0.2, -0.15) is 0 Å². The standard InChI is InChI=1S/C48H63N7O11/c1-43(2,3)63-39(56)51-37(52-40(57)64-44(4,5)6)49-27-16-17-28-29-23-48(60)32-21-26-15-18-31(61-38(53-41(58)65-45(7,8)9)54-42(59)66-46(10,11)12)35-33(26)47(48,19-20-55(32)24-25-13-14-25)36(62-35)34(29)50-30(28)22-27/h15-18,22,25,32,36,50,60H,13-14,19-21,23-24H2,1-12H3,(H,53,54,58,59)(H2,49,51,52,56,57)/t32-,36+,47+,48-/m1/s1. The zero-order valence-electron chi connectivity index (χ0n) is 39.9. The molecule has 0 radical (unpaired) electrons. The maximum Gasteiger partial charge on any atom is 0.438 e.